The molecule has 24 heavy (non-hydrogen) atoms. The standard InChI is InChI=1S/C17H13N3O3S/c1-3-23-17(22)15-9(2)11-12(20-18)13(19-16(11)24-15)14(21)10-7-5-4-6-8-10/h4-8H,3H2,1-2H3. The van der Waals surface area contributed by atoms with E-state index in [9.17, 15) is 15.1 Å². The smallest absolute Gasteiger partial charge is 0.355 e. The molecule has 120 valence electrons. The number of aliphatic imine (C=N–C) groups is 1. The zero-order chi connectivity index (χ0) is 17.3. The Labute approximate surface area is 142 Å². The molecule has 0 radical (unpaired) electrons. The number of hydrogen-bond acceptors (Lipinski definition) is 5. The second kappa shape index (κ2) is 6.31. The Morgan fingerprint density at radius 2 is 2.00 bits per heavy atom. The van der Waals surface area contributed by atoms with E-state index < -0.39 is 5.97 Å². The molecule has 1 aromatic carbocycles. The molecule has 0 amide bonds. The molecule has 3 rings (SSSR count). The zero-order valence-corrected chi connectivity index (χ0v) is 13.9. The molecule has 0 aliphatic carbocycles. The Balaban J connectivity index is 2.05. The molecule has 2 heterocycles. The quantitative estimate of drug-likeness (QED) is 0.370. The van der Waals surface area contributed by atoms with Gasteiger partial charge in [-0.25, -0.2) is 9.79 Å². The van der Waals surface area contributed by atoms with Crippen molar-refractivity contribution < 1.29 is 19.1 Å². The number of ketones is 1. The molecule has 0 saturated carbocycles. The third kappa shape index (κ3) is 2.50. The van der Waals surface area contributed by atoms with Gasteiger partial charge in [-0.3, -0.25) is 4.79 Å². The molecule has 6 nitrogen and oxygen atoms in total. The summed E-state index contributed by atoms with van der Waals surface area (Å²) in [5.41, 5.74) is 11.1. The molecule has 0 fully saturated rings. The first kappa shape index (κ1) is 16.0. The number of carbonyl (C=O) groups excluding carboxylic acids is 2. The Kier molecular flexibility index (Phi) is 4.20. The third-order valence-electron chi connectivity index (χ3n) is 3.61. The molecule has 0 bridgehead atoms. The van der Waals surface area contributed by atoms with Gasteiger partial charge in [0.05, 0.1) is 6.61 Å². The molecule has 0 unspecified atom stereocenters. The van der Waals surface area contributed by atoms with Crippen LogP contribution in [0.5, 0.6) is 0 Å². The van der Waals surface area contributed by atoms with Gasteiger partial charge in [0.15, 0.2) is 0 Å². The van der Waals surface area contributed by atoms with Gasteiger partial charge in [-0.1, -0.05) is 30.3 Å². The lowest BCUT2D eigenvalue weighted by atomic mass is 9.99. The largest absolute Gasteiger partial charge is 0.462 e. The van der Waals surface area contributed by atoms with E-state index in [1.165, 1.54) is 0 Å². The van der Waals surface area contributed by atoms with Crippen LogP contribution in [0.1, 0.15) is 38.1 Å². The normalized spacial score (nSPS) is 12.4. The lowest BCUT2D eigenvalue weighted by Crippen LogP contribution is -2.23. The highest BCUT2D eigenvalue weighted by atomic mass is 32.1. The Morgan fingerprint density at radius 1 is 1.29 bits per heavy atom. The number of esters is 1. The molecule has 2 aromatic rings. The van der Waals surface area contributed by atoms with Crippen molar-refractivity contribution in [3.63, 3.8) is 0 Å². The Hall–Kier alpha value is -2.89. The SMILES string of the molecule is CCOC(=O)c1sc2c(c1C)C(=[N+]=[N-])C(C(=O)c1ccccc1)=N2. The number of Topliss-reactive ketones (excluding diaryl/α,β-unsaturated/α-hetero) is 1. The molecular formula is C17H13N3O3S. The van der Waals surface area contributed by atoms with Gasteiger partial charge in [-0.05, 0) is 19.4 Å². The van der Waals surface area contributed by atoms with Crippen LogP contribution in [0, 0.1) is 6.92 Å². The number of rotatable bonds is 4. The van der Waals surface area contributed by atoms with Crippen molar-refractivity contribution in [3.8, 4) is 0 Å². The number of fused-ring (bicyclic) bond motifs is 1. The van der Waals surface area contributed by atoms with E-state index in [-0.39, 0.29) is 23.8 Å². The molecule has 0 N–H and O–H groups in total. The van der Waals surface area contributed by atoms with Crippen molar-refractivity contribution >= 4 is 39.5 Å². The summed E-state index contributed by atoms with van der Waals surface area (Å²) in [7, 11) is 0. The number of ether oxygens (including phenoxy) is 1. The van der Waals surface area contributed by atoms with Crippen LogP contribution < -0.4 is 0 Å². The maximum absolute atomic E-state index is 12.6. The van der Waals surface area contributed by atoms with E-state index in [1.807, 2.05) is 0 Å². The van der Waals surface area contributed by atoms with Crippen molar-refractivity contribution in [1.82, 2.24) is 0 Å². The lowest BCUT2D eigenvalue weighted by Gasteiger charge is -2.01. The fourth-order valence-electron chi connectivity index (χ4n) is 2.50. The van der Waals surface area contributed by atoms with Crippen LogP contribution in [0.25, 0.3) is 5.53 Å². The molecule has 1 aromatic heterocycles. The van der Waals surface area contributed by atoms with Crippen LogP contribution in [-0.4, -0.2) is 34.6 Å². The second-order valence-corrected chi connectivity index (χ2v) is 6.06. The summed E-state index contributed by atoms with van der Waals surface area (Å²) in [6.07, 6.45) is 0. The average molecular weight is 339 g/mol. The summed E-state index contributed by atoms with van der Waals surface area (Å²) < 4.78 is 5.01. The fourth-order valence-corrected chi connectivity index (χ4v) is 3.58. The van der Waals surface area contributed by atoms with Gasteiger partial charge in [-0.15, -0.1) is 11.3 Å². The van der Waals surface area contributed by atoms with E-state index in [4.69, 9.17) is 4.74 Å². The number of thiophene rings is 1. The van der Waals surface area contributed by atoms with Crippen LogP contribution in [0.3, 0.4) is 0 Å². The monoisotopic (exact) mass is 339 g/mol. The summed E-state index contributed by atoms with van der Waals surface area (Å²) in [5.74, 6) is -0.776. The van der Waals surface area contributed by atoms with Crippen molar-refractivity contribution in [2.24, 2.45) is 4.99 Å². The van der Waals surface area contributed by atoms with Crippen LogP contribution >= 0.6 is 11.3 Å². The van der Waals surface area contributed by atoms with E-state index in [1.54, 1.807) is 44.2 Å². The van der Waals surface area contributed by atoms with Crippen LogP contribution in [0.2, 0.25) is 0 Å². The van der Waals surface area contributed by atoms with Crippen LogP contribution in [-0.2, 0) is 4.74 Å². The summed E-state index contributed by atoms with van der Waals surface area (Å²) >= 11 is 1.13. The van der Waals surface area contributed by atoms with Gasteiger partial charge >= 0.3 is 11.7 Å². The van der Waals surface area contributed by atoms with Crippen molar-refractivity contribution in [2.45, 2.75) is 13.8 Å². The minimum atomic E-state index is -0.446. The molecule has 0 spiro atoms. The number of benzene rings is 1. The minimum absolute atomic E-state index is 0.0726. The molecule has 0 saturated heterocycles. The topological polar surface area (TPSA) is 92.1 Å². The van der Waals surface area contributed by atoms with Crippen LogP contribution in [0.4, 0.5) is 5.00 Å². The highest BCUT2D eigenvalue weighted by molar-refractivity contribution is 7.19. The lowest BCUT2D eigenvalue weighted by molar-refractivity contribution is -0.000212. The van der Waals surface area contributed by atoms with E-state index >= 15 is 0 Å². The predicted octanol–water partition coefficient (Wildman–Crippen LogP) is 3.22. The summed E-state index contributed by atoms with van der Waals surface area (Å²) in [4.78, 5) is 32.5. The van der Waals surface area contributed by atoms with E-state index in [0.717, 1.165) is 11.3 Å². The number of carbonyl (C=O) groups is 2. The molecule has 1 aliphatic rings. The third-order valence-corrected chi connectivity index (χ3v) is 4.78. The molecule has 1 aliphatic heterocycles. The van der Waals surface area contributed by atoms with Gasteiger partial charge in [0, 0.05) is 5.56 Å². The van der Waals surface area contributed by atoms with Crippen molar-refractivity contribution in [1.29, 1.82) is 0 Å². The highest BCUT2D eigenvalue weighted by Gasteiger charge is 2.40. The Bertz CT molecular complexity index is 922. The summed E-state index contributed by atoms with van der Waals surface area (Å²) in [6, 6.07) is 8.64. The molecule has 7 heteroatoms. The first-order valence-electron chi connectivity index (χ1n) is 7.30. The zero-order valence-electron chi connectivity index (χ0n) is 13.1. The number of hydrogen-bond donors (Lipinski definition) is 0. The Morgan fingerprint density at radius 3 is 2.62 bits per heavy atom. The first-order chi connectivity index (χ1) is 11.6. The first-order valence-corrected chi connectivity index (χ1v) is 8.11. The minimum Gasteiger partial charge on any atom is -0.462 e. The highest BCUT2D eigenvalue weighted by Crippen LogP contribution is 2.40. The van der Waals surface area contributed by atoms with Crippen LogP contribution in [0.15, 0.2) is 35.3 Å². The molecule has 0 atom stereocenters. The van der Waals surface area contributed by atoms with Gasteiger partial charge < -0.3 is 10.3 Å². The maximum Gasteiger partial charge on any atom is 0.355 e. The van der Waals surface area contributed by atoms with Crippen molar-refractivity contribution in [2.75, 3.05) is 6.61 Å². The molecular weight excluding hydrogens is 326 g/mol. The maximum atomic E-state index is 12.6. The van der Waals surface area contributed by atoms with Crippen molar-refractivity contribution in [3.05, 3.63) is 57.4 Å². The van der Waals surface area contributed by atoms with Gasteiger partial charge in [0.1, 0.15) is 15.4 Å². The summed E-state index contributed by atoms with van der Waals surface area (Å²) in [5, 5.41) is 0.475. The van der Waals surface area contributed by atoms with Gasteiger partial charge in [0.25, 0.3) is 0 Å². The van der Waals surface area contributed by atoms with Gasteiger partial charge in [0.2, 0.25) is 11.5 Å². The number of nitrogens with zero attached hydrogens (tertiary/aromatic N) is 3. The van der Waals surface area contributed by atoms with E-state index in [2.05, 4.69) is 9.78 Å². The predicted molar refractivity (Wildman–Crippen MR) is 90.6 cm³/mol. The average Bonchev–Trinajstić information content (AvgIpc) is 3.12. The summed E-state index contributed by atoms with van der Waals surface area (Å²) in [6.45, 7) is 3.71. The van der Waals surface area contributed by atoms with Gasteiger partial charge in [-0.2, -0.15) is 4.79 Å². The van der Waals surface area contributed by atoms with E-state index in [0.29, 0.717) is 26.6 Å². The second-order valence-electron chi connectivity index (χ2n) is 5.06. The fraction of sp³-hybridized carbons (Fsp3) is 0.176.